The van der Waals surface area contributed by atoms with Crippen LogP contribution in [-0.2, 0) is 17.4 Å². The molecule has 0 aliphatic heterocycles. The molecule has 3 rings (SSSR count). The van der Waals surface area contributed by atoms with Gasteiger partial charge in [0.1, 0.15) is 11.6 Å². The largest absolute Gasteiger partial charge is 0.495 e. The Morgan fingerprint density at radius 1 is 1.18 bits per heavy atom. The topological polar surface area (TPSA) is 80.6 Å². The Morgan fingerprint density at radius 3 is 2.45 bits per heavy atom. The zero-order valence-corrected chi connectivity index (χ0v) is 17.2. The number of carbonyl (C=O) groups is 1. The predicted molar refractivity (Wildman–Crippen MR) is 117 cm³/mol. The molecular formula is C23H24F4N2O4. The van der Waals surface area contributed by atoms with Gasteiger partial charge >= 0.3 is 6.18 Å². The fourth-order valence-corrected chi connectivity index (χ4v) is 3.32. The predicted octanol–water partition coefficient (Wildman–Crippen LogP) is 4.54. The summed E-state index contributed by atoms with van der Waals surface area (Å²) in [4.78, 5) is 25.3. The quantitative estimate of drug-likeness (QED) is 0.521. The van der Waals surface area contributed by atoms with Crippen molar-refractivity contribution in [2.75, 3.05) is 19.0 Å². The average Bonchev–Trinajstić information content (AvgIpc) is 2.73. The van der Waals surface area contributed by atoms with Crippen LogP contribution in [0.2, 0.25) is 0 Å². The fraction of sp³-hybridized carbons (Fsp3) is 0.304. The molecule has 6 nitrogen and oxygen atoms in total. The van der Waals surface area contributed by atoms with Crippen LogP contribution in [0.4, 0.5) is 23.2 Å². The van der Waals surface area contributed by atoms with Crippen LogP contribution < -0.4 is 15.6 Å². The Kier molecular flexibility index (Phi) is 7.86. The van der Waals surface area contributed by atoms with Crippen LogP contribution in [0.1, 0.15) is 31.5 Å². The molecule has 10 heteroatoms. The van der Waals surface area contributed by atoms with Gasteiger partial charge in [0.15, 0.2) is 0 Å². The van der Waals surface area contributed by atoms with E-state index in [2.05, 4.69) is 5.32 Å². The Morgan fingerprint density at radius 2 is 1.88 bits per heavy atom. The fourth-order valence-electron chi connectivity index (χ4n) is 3.32. The number of nitrogens with one attached hydrogen (secondary N) is 1. The van der Waals surface area contributed by atoms with E-state index < -0.39 is 35.9 Å². The van der Waals surface area contributed by atoms with Gasteiger partial charge in [-0.3, -0.25) is 9.59 Å². The SMILES string of the molecule is C.COc1ccc2c(=O)n([C@H](C)CO)ccc2c1NC(=O)Cc1ccc(C(F)(F)F)c(F)c1. The number of hydrogen-bond donors (Lipinski definition) is 2. The molecule has 1 atom stereocenters. The van der Waals surface area contributed by atoms with Crippen molar-refractivity contribution in [1.29, 1.82) is 0 Å². The minimum Gasteiger partial charge on any atom is -0.495 e. The molecule has 0 saturated heterocycles. The van der Waals surface area contributed by atoms with E-state index in [1.807, 2.05) is 0 Å². The van der Waals surface area contributed by atoms with Crippen LogP contribution >= 0.6 is 0 Å². The van der Waals surface area contributed by atoms with E-state index in [-0.39, 0.29) is 42.0 Å². The number of benzene rings is 2. The van der Waals surface area contributed by atoms with Crippen LogP contribution in [-0.4, -0.2) is 29.3 Å². The third-order valence-corrected chi connectivity index (χ3v) is 5.00. The molecule has 1 heterocycles. The van der Waals surface area contributed by atoms with Crippen molar-refractivity contribution in [3.63, 3.8) is 0 Å². The molecule has 0 aliphatic carbocycles. The van der Waals surface area contributed by atoms with E-state index in [1.54, 1.807) is 13.0 Å². The van der Waals surface area contributed by atoms with E-state index >= 15 is 0 Å². The molecule has 3 aromatic rings. The van der Waals surface area contributed by atoms with Gasteiger partial charge in [-0.1, -0.05) is 13.5 Å². The molecule has 0 fully saturated rings. The number of hydrogen-bond acceptors (Lipinski definition) is 4. The van der Waals surface area contributed by atoms with E-state index in [0.717, 1.165) is 6.07 Å². The number of carbonyl (C=O) groups excluding carboxylic acids is 1. The molecule has 33 heavy (non-hydrogen) atoms. The van der Waals surface area contributed by atoms with Crippen LogP contribution in [0.15, 0.2) is 47.4 Å². The molecule has 0 unspecified atom stereocenters. The molecule has 0 spiro atoms. The molecule has 2 aromatic carbocycles. The summed E-state index contributed by atoms with van der Waals surface area (Å²) in [6, 6.07) is 6.42. The number of aliphatic hydroxyl groups excluding tert-OH is 1. The minimum atomic E-state index is -4.83. The number of alkyl halides is 3. The van der Waals surface area contributed by atoms with Crippen molar-refractivity contribution < 1.29 is 32.2 Å². The van der Waals surface area contributed by atoms with Crippen molar-refractivity contribution in [2.45, 2.75) is 33.0 Å². The monoisotopic (exact) mass is 468 g/mol. The van der Waals surface area contributed by atoms with Crippen LogP contribution in [0.5, 0.6) is 5.75 Å². The molecule has 178 valence electrons. The summed E-state index contributed by atoms with van der Waals surface area (Å²) >= 11 is 0. The number of fused-ring (bicyclic) bond motifs is 1. The number of aliphatic hydroxyl groups is 1. The van der Waals surface area contributed by atoms with Gasteiger partial charge in [-0.2, -0.15) is 13.2 Å². The normalized spacial score (nSPS) is 12.2. The smallest absolute Gasteiger partial charge is 0.419 e. The Balaban J connectivity index is 0.00000385. The molecular weight excluding hydrogens is 444 g/mol. The first-order chi connectivity index (χ1) is 15.1. The summed E-state index contributed by atoms with van der Waals surface area (Å²) in [5, 5.41) is 12.6. The zero-order chi connectivity index (χ0) is 23.6. The molecule has 0 aliphatic rings. The Hall–Kier alpha value is -3.40. The van der Waals surface area contributed by atoms with Crippen molar-refractivity contribution in [3.8, 4) is 5.75 Å². The number of halogens is 4. The van der Waals surface area contributed by atoms with E-state index in [0.29, 0.717) is 17.5 Å². The highest BCUT2D eigenvalue weighted by Crippen LogP contribution is 2.33. The van der Waals surface area contributed by atoms with Gasteiger partial charge in [0, 0.05) is 17.0 Å². The summed E-state index contributed by atoms with van der Waals surface area (Å²) in [6.45, 7) is 1.43. The number of methoxy groups -OCH3 is 1. The first-order valence-electron chi connectivity index (χ1n) is 9.55. The van der Waals surface area contributed by atoms with Crippen LogP contribution in [0, 0.1) is 5.82 Å². The maximum Gasteiger partial charge on any atom is 0.419 e. The van der Waals surface area contributed by atoms with E-state index in [4.69, 9.17) is 4.74 Å². The van der Waals surface area contributed by atoms with Gasteiger partial charge in [-0.25, -0.2) is 4.39 Å². The van der Waals surface area contributed by atoms with Crippen molar-refractivity contribution in [3.05, 3.63) is 69.9 Å². The highest BCUT2D eigenvalue weighted by atomic mass is 19.4. The van der Waals surface area contributed by atoms with Crippen molar-refractivity contribution >= 4 is 22.4 Å². The number of aromatic nitrogens is 1. The van der Waals surface area contributed by atoms with Crippen LogP contribution in [0.3, 0.4) is 0 Å². The summed E-state index contributed by atoms with van der Waals surface area (Å²) in [6.07, 6.45) is -3.75. The number of rotatable bonds is 6. The second-order valence-corrected chi connectivity index (χ2v) is 7.20. The standard InChI is InChI=1S/C22H20F4N2O4.CH4/c1-12(11-29)28-8-7-14-15(21(28)31)4-6-18(32-2)20(14)27-19(30)10-13-3-5-16(17(23)9-13)22(24,25)26;/h3-9,12,29H,10-11H2,1-2H3,(H,27,30);1H4/t12-;/m1./s1. The maximum absolute atomic E-state index is 13.8. The lowest BCUT2D eigenvalue weighted by Gasteiger charge is -2.17. The first kappa shape index (κ1) is 25.9. The molecule has 2 N–H and O–H groups in total. The van der Waals surface area contributed by atoms with E-state index in [9.17, 15) is 32.3 Å². The van der Waals surface area contributed by atoms with Gasteiger partial charge in [0.05, 0.1) is 37.4 Å². The highest BCUT2D eigenvalue weighted by Gasteiger charge is 2.34. The number of nitrogens with zero attached hydrogens (tertiary/aromatic N) is 1. The third-order valence-electron chi connectivity index (χ3n) is 5.00. The number of anilines is 1. The average molecular weight is 468 g/mol. The number of ether oxygens (including phenoxy) is 1. The zero-order valence-electron chi connectivity index (χ0n) is 17.2. The highest BCUT2D eigenvalue weighted by molar-refractivity contribution is 6.04. The molecule has 0 saturated carbocycles. The third kappa shape index (κ3) is 5.33. The maximum atomic E-state index is 13.8. The van der Waals surface area contributed by atoms with Gasteiger partial charge in [0.2, 0.25) is 5.91 Å². The first-order valence-corrected chi connectivity index (χ1v) is 9.55. The lowest BCUT2D eigenvalue weighted by molar-refractivity contribution is -0.140. The lowest BCUT2D eigenvalue weighted by atomic mass is 10.1. The number of amides is 1. The minimum absolute atomic E-state index is 0. The second kappa shape index (κ2) is 10.0. The molecule has 1 aromatic heterocycles. The van der Waals surface area contributed by atoms with Crippen molar-refractivity contribution in [2.24, 2.45) is 0 Å². The van der Waals surface area contributed by atoms with Gasteiger partial charge < -0.3 is 19.7 Å². The summed E-state index contributed by atoms with van der Waals surface area (Å²) < 4.78 is 58.6. The Labute approximate surface area is 187 Å². The van der Waals surface area contributed by atoms with Crippen LogP contribution in [0.25, 0.3) is 10.8 Å². The second-order valence-electron chi connectivity index (χ2n) is 7.20. The van der Waals surface area contributed by atoms with Crippen molar-refractivity contribution in [1.82, 2.24) is 4.57 Å². The summed E-state index contributed by atoms with van der Waals surface area (Å²) in [5.41, 5.74) is -1.55. The number of pyridine rings is 1. The molecule has 0 radical (unpaired) electrons. The van der Waals surface area contributed by atoms with Gasteiger partial charge in [-0.05, 0) is 42.8 Å². The van der Waals surface area contributed by atoms with E-state index in [1.165, 1.54) is 30.0 Å². The summed E-state index contributed by atoms with van der Waals surface area (Å²) in [7, 11) is 1.37. The molecule has 0 bridgehead atoms. The van der Waals surface area contributed by atoms with Gasteiger partial charge in [0.25, 0.3) is 5.56 Å². The summed E-state index contributed by atoms with van der Waals surface area (Å²) in [5.74, 6) is -1.84. The molecule has 1 amide bonds. The van der Waals surface area contributed by atoms with Gasteiger partial charge in [-0.15, -0.1) is 0 Å². The Bertz CT molecular complexity index is 1220. The lowest BCUT2D eigenvalue weighted by Crippen LogP contribution is -2.25.